The van der Waals surface area contributed by atoms with Crippen molar-refractivity contribution in [3.05, 3.63) is 46.0 Å². The van der Waals surface area contributed by atoms with Crippen molar-refractivity contribution in [2.24, 2.45) is 5.92 Å². The number of nitrogens with zero attached hydrogens (tertiary/aromatic N) is 1. The van der Waals surface area contributed by atoms with Gasteiger partial charge in [0.1, 0.15) is 11.4 Å². The second-order valence-corrected chi connectivity index (χ2v) is 5.51. The molecule has 5 nitrogen and oxygen atoms in total. The van der Waals surface area contributed by atoms with Gasteiger partial charge in [0.05, 0.1) is 0 Å². The van der Waals surface area contributed by atoms with Gasteiger partial charge in [0, 0.05) is 19.6 Å². The van der Waals surface area contributed by atoms with Gasteiger partial charge in [-0.05, 0) is 24.8 Å². The molecule has 0 radical (unpaired) electrons. The zero-order valence-corrected chi connectivity index (χ0v) is 11.9. The molecule has 2 heterocycles. The predicted octanol–water partition coefficient (Wildman–Crippen LogP) is 2.03. The van der Waals surface area contributed by atoms with Gasteiger partial charge in [0.15, 0.2) is 0 Å². The van der Waals surface area contributed by atoms with Crippen LogP contribution in [0.5, 0.6) is 5.88 Å². The molecule has 1 saturated heterocycles. The van der Waals surface area contributed by atoms with Gasteiger partial charge in [-0.15, -0.1) is 0 Å². The fourth-order valence-corrected chi connectivity index (χ4v) is 2.60. The normalized spacial score (nSPS) is 18.0. The van der Waals surface area contributed by atoms with Crippen LogP contribution in [-0.2, 0) is 11.2 Å². The fourth-order valence-electron chi connectivity index (χ4n) is 2.60. The van der Waals surface area contributed by atoms with Crippen LogP contribution in [0.2, 0.25) is 0 Å². The van der Waals surface area contributed by atoms with E-state index in [1.54, 1.807) is 0 Å². The summed E-state index contributed by atoms with van der Waals surface area (Å²) in [6, 6.07) is 7.42. The molecule has 1 aromatic heterocycles. The minimum Gasteiger partial charge on any atom is -0.493 e. The van der Waals surface area contributed by atoms with Crippen LogP contribution in [0.25, 0.3) is 11.1 Å². The number of nitrogens with one attached hydrogen (secondary N) is 1. The van der Waals surface area contributed by atoms with E-state index in [1.807, 2.05) is 31.2 Å². The van der Waals surface area contributed by atoms with Crippen molar-refractivity contribution in [2.45, 2.75) is 19.8 Å². The Morgan fingerprint density at radius 1 is 1.38 bits per heavy atom. The molecule has 2 N–H and O–H groups in total. The number of aromatic amines is 1. The van der Waals surface area contributed by atoms with Crippen molar-refractivity contribution >= 4 is 0 Å². The summed E-state index contributed by atoms with van der Waals surface area (Å²) in [5, 5.41) is 10.1. The molecular weight excluding hydrogens is 268 g/mol. The number of hydrogen-bond acceptors (Lipinski definition) is 4. The summed E-state index contributed by atoms with van der Waals surface area (Å²) in [6.07, 6.45) is 1.58. The fraction of sp³-hybridized carbons (Fsp3) is 0.375. The largest absolute Gasteiger partial charge is 0.493 e. The predicted molar refractivity (Wildman–Crippen MR) is 79.3 cm³/mol. The Hall–Kier alpha value is -2.14. The molecule has 3 rings (SSSR count). The molecule has 0 spiro atoms. The molecule has 1 aliphatic rings. The summed E-state index contributed by atoms with van der Waals surface area (Å²) in [4.78, 5) is 19.1. The molecule has 1 unspecified atom stereocenters. The molecule has 1 aromatic carbocycles. The van der Waals surface area contributed by atoms with Crippen molar-refractivity contribution in [3.63, 3.8) is 0 Å². The molecule has 0 bridgehead atoms. The van der Waals surface area contributed by atoms with E-state index in [0.29, 0.717) is 30.3 Å². The van der Waals surface area contributed by atoms with E-state index in [9.17, 15) is 9.90 Å². The molecule has 5 heteroatoms. The second-order valence-electron chi connectivity index (χ2n) is 5.51. The topological polar surface area (TPSA) is 75.2 Å². The van der Waals surface area contributed by atoms with Gasteiger partial charge < -0.3 is 14.8 Å². The van der Waals surface area contributed by atoms with Crippen molar-refractivity contribution < 1.29 is 9.84 Å². The van der Waals surface area contributed by atoms with Gasteiger partial charge in [-0.3, -0.25) is 4.79 Å². The maximum absolute atomic E-state index is 12.2. The highest BCUT2D eigenvalue weighted by Gasteiger charge is 2.19. The lowest BCUT2D eigenvalue weighted by atomic mass is 10.0. The van der Waals surface area contributed by atoms with E-state index in [-0.39, 0.29) is 17.0 Å². The average Bonchev–Trinajstić information content (AvgIpc) is 2.93. The zero-order valence-electron chi connectivity index (χ0n) is 11.9. The first kappa shape index (κ1) is 13.8. The number of aromatic nitrogens is 2. The lowest BCUT2D eigenvalue weighted by Crippen LogP contribution is -2.16. The molecular formula is C16H18N2O3. The molecule has 110 valence electrons. The summed E-state index contributed by atoms with van der Waals surface area (Å²) in [5.41, 5.74) is 1.68. The Balaban J connectivity index is 1.92. The Morgan fingerprint density at radius 2 is 2.14 bits per heavy atom. The third kappa shape index (κ3) is 2.97. The average molecular weight is 286 g/mol. The van der Waals surface area contributed by atoms with Gasteiger partial charge in [-0.2, -0.15) is 4.98 Å². The SMILES string of the molecule is Cc1ccc(-c2c(O)nc(CC3CCOC3)[nH]c2=O)cc1. The Kier molecular flexibility index (Phi) is 3.75. The molecule has 0 amide bonds. The highest BCUT2D eigenvalue weighted by molar-refractivity contribution is 5.67. The summed E-state index contributed by atoms with van der Waals surface area (Å²) in [7, 11) is 0. The molecule has 21 heavy (non-hydrogen) atoms. The molecule has 0 saturated carbocycles. The smallest absolute Gasteiger partial charge is 0.262 e. The van der Waals surface area contributed by atoms with Gasteiger partial charge in [-0.1, -0.05) is 29.8 Å². The number of benzene rings is 1. The third-order valence-electron chi connectivity index (χ3n) is 3.80. The number of hydrogen-bond donors (Lipinski definition) is 2. The maximum atomic E-state index is 12.2. The number of H-pyrrole nitrogens is 1. The first-order valence-corrected chi connectivity index (χ1v) is 7.10. The third-order valence-corrected chi connectivity index (χ3v) is 3.80. The van der Waals surface area contributed by atoms with Crippen molar-refractivity contribution in [1.29, 1.82) is 0 Å². The first-order valence-electron chi connectivity index (χ1n) is 7.10. The summed E-state index contributed by atoms with van der Waals surface area (Å²) >= 11 is 0. The number of aryl methyl sites for hydroxylation is 1. The van der Waals surface area contributed by atoms with E-state index >= 15 is 0 Å². The number of rotatable bonds is 3. The van der Waals surface area contributed by atoms with Crippen molar-refractivity contribution in [3.8, 4) is 17.0 Å². The van der Waals surface area contributed by atoms with Gasteiger partial charge in [0.25, 0.3) is 5.56 Å². The Labute approximate surface area is 122 Å². The highest BCUT2D eigenvalue weighted by Crippen LogP contribution is 2.24. The van der Waals surface area contributed by atoms with E-state index in [0.717, 1.165) is 18.6 Å². The van der Waals surface area contributed by atoms with Gasteiger partial charge in [0.2, 0.25) is 5.88 Å². The van der Waals surface area contributed by atoms with Crippen LogP contribution in [0.4, 0.5) is 0 Å². The van der Waals surface area contributed by atoms with E-state index in [4.69, 9.17) is 4.74 Å². The molecule has 1 atom stereocenters. The summed E-state index contributed by atoms with van der Waals surface area (Å²) < 4.78 is 5.31. The van der Waals surface area contributed by atoms with Crippen LogP contribution in [0, 0.1) is 12.8 Å². The monoisotopic (exact) mass is 286 g/mol. The summed E-state index contributed by atoms with van der Waals surface area (Å²) in [5.74, 6) is 0.665. The van der Waals surface area contributed by atoms with Gasteiger partial charge in [-0.25, -0.2) is 0 Å². The van der Waals surface area contributed by atoms with Crippen LogP contribution in [0.15, 0.2) is 29.1 Å². The minimum absolute atomic E-state index is 0.212. The summed E-state index contributed by atoms with van der Waals surface area (Å²) in [6.45, 7) is 3.41. The quantitative estimate of drug-likeness (QED) is 0.905. The minimum atomic E-state index is -0.305. The zero-order chi connectivity index (χ0) is 14.8. The molecule has 1 aliphatic heterocycles. The Morgan fingerprint density at radius 3 is 2.76 bits per heavy atom. The standard InChI is InChI=1S/C16H18N2O3/c1-10-2-4-12(5-3-10)14-15(19)17-13(18-16(14)20)8-11-6-7-21-9-11/h2-5,11H,6-9H2,1H3,(H2,17,18,19,20). The molecule has 1 fully saturated rings. The molecule has 0 aliphatic carbocycles. The Bertz CT molecular complexity index is 686. The van der Waals surface area contributed by atoms with Gasteiger partial charge >= 0.3 is 0 Å². The van der Waals surface area contributed by atoms with Crippen molar-refractivity contribution in [2.75, 3.05) is 13.2 Å². The first-order chi connectivity index (χ1) is 10.1. The van der Waals surface area contributed by atoms with E-state index in [1.165, 1.54) is 0 Å². The van der Waals surface area contributed by atoms with Crippen LogP contribution >= 0.6 is 0 Å². The second kappa shape index (κ2) is 5.69. The maximum Gasteiger partial charge on any atom is 0.262 e. The number of ether oxygens (including phenoxy) is 1. The van der Waals surface area contributed by atoms with Crippen molar-refractivity contribution in [1.82, 2.24) is 9.97 Å². The van der Waals surface area contributed by atoms with Crippen LogP contribution in [0.3, 0.4) is 0 Å². The van der Waals surface area contributed by atoms with E-state index in [2.05, 4.69) is 9.97 Å². The van der Waals surface area contributed by atoms with Crippen LogP contribution < -0.4 is 5.56 Å². The van der Waals surface area contributed by atoms with E-state index < -0.39 is 0 Å². The molecule has 2 aromatic rings. The van der Waals surface area contributed by atoms with Crippen LogP contribution in [0.1, 0.15) is 17.8 Å². The number of aromatic hydroxyl groups is 1. The van der Waals surface area contributed by atoms with Crippen LogP contribution in [-0.4, -0.2) is 28.3 Å². The lowest BCUT2D eigenvalue weighted by Gasteiger charge is -2.09. The highest BCUT2D eigenvalue weighted by atomic mass is 16.5. The lowest BCUT2D eigenvalue weighted by molar-refractivity contribution is 0.185.